The number of halogens is 1. The van der Waals surface area contributed by atoms with E-state index in [2.05, 4.69) is 4.72 Å². The van der Waals surface area contributed by atoms with Crippen LogP contribution in [0.1, 0.15) is 5.56 Å². The Labute approximate surface area is 86.9 Å². The first-order valence-corrected chi connectivity index (χ1v) is 5.77. The van der Waals surface area contributed by atoms with Crippen molar-refractivity contribution in [2.24, 2.45) is 0 Å². The number of benzene rings is 1. The second-order valence-electron chi connectivity index (χ2n) is 2.89. The molecule has 0 saturated carbocycles. The van der Waals surface area contributed by atoms with Gasteiger partial charge in [0.15, 0.2) is 0 Å². The Morgan fingerprint density at radius 1 is 1.50 bits per heavy atom. The van der Waals surface area contributed by atoms with Crippen LogP contribution in [-0.2, 0) is 16.6 Å². The van der Waals surface area contributed by atoms with Gasteiger partial charge in [-0.15, -0.1) is 0 Å². The van der Waals surface area contributed by atoms with Crippen molar-refractivity contribution in [1.82, 2.24) is 4.72 Å². The molecule has 0 fully saturated rings. The zero-order valence-electron chi connectivity index (χ0n) is 7.37. The van der Waals surface area contributed by atoms with Crippen LogP contribution in [0.25, 0.3) is 0 Å². The Balaban J connectivity index is 2.75. The maximum absolute atomic E-state index is 11.5. The van der Waals surface area contributed by atoms with Gasteiger partial charge >= 0.3 is 0 Å². The quantitative estimate of drug-likeness (QED) is 0.792. The number of fused-ring (bicyclic) bond motifs is 1. The molecule has 0 spiro atoms. The van der Waals surface area contributed by atoms with Crippen LogP contribution in [0.2, 0.25) is 5.02 Å². The largest absolute Gasteiger partial charge is 0.495 e. The second-order valence-corrected chi connectivity index (χ2v) is 4.98. The van der Waals surface area contributed by atoms with Gasteiger partial charge in [-0.2, -0.15) is 0 Å². The molecule has 6 heteroatoms. The van der Waals surface area contributed by atoms with Crippen molar-refractivity contribution >= 4 is 21.6 Å². The van der Waals surface area contributed by atoms with Crippen molar-refractivity contribution in [3.8, 4) is 5.75 Å². The number of hydrogen-bond donors (Lipinski definition) is 1. The molecular formula is C8H8ClNO3S. The number of methoxy groups -OCH3 is 1. The molecule has 0 radical (unpaired) electrons. The summed E-state index contributed by atoms with van der Waals surface area (Å²) in [6, 6.07) is 3.35. The molecule has 1 aromatic rings. The number of sulfonamides is 1. The van der Waals surface area contributed by atoms with Crippen molar-refractivity contribution in [3.05, 3.63) is 22.7 Å². The van der Waals surface area contributed by atoms with E-state index in [0.717, 1.165) is 0 Å². The number of rotatable bonds is 1. The lowest BCUT2D eigenvalue weighted by Gasteiger charge is -2.05. The summed E-state index contributed by atoms with van der Waals surface area (Å²) in [5, 5.41) is 0.148. The number of hydrogen-bond acceptors (Lipinski definition) is 3. The summed E-state index contributed by atoms with van der Waals surface area (Å²) in [7, 11) is -1.98. The van der Waals surface area contributed by atoms with Crippen LogP contribution in [0.15, 0.2) is 17.0 Å². The fourth-order valence-corrected chi connectivity index (χ4v) is 3.29. The molecule has 4 nitrogen and oxygen atoms in total. The average molecular weight is 234 g/mol. The first kappa shape index (κ1) is 9.76. The maximum Gasteiger partial charge on any atom is 0.242 e. The highest BCUT2D eigenvalue weighted by Crippen LogP contribution is 2.36. The summed E-state index contributed by atoms with van der Waals surface area (Å²) in [4.78, 5) is 0.138. The molecule has 0 aliphatic carbocycles. The molecule has 1 aromatic carbocycles. The molecule has 2 rings (SSSR count). The van der Waals surface area contributed by atoms with Gasteiger partial charge in [0.2, 0.25) is 10.0 Å². The summed E-state index contributed by atoms with van der Waals surface area (Å²) >= 11 is 5.89. The van der Waals surface area contributed by atoms with Crippen LogP contribution in [0, 0.1) is 0 Å². The standard InChI is InChI=1S/C8H8ClNO3S/c1-13-6-3-2-5-4-10-14(11,12)8(5)7(6)9/h2-3,10H,4H2,1H3. The van der Waals surface area contributed by atoms with E-state index in [9.17, 15) is 8.42 Å². The SMILES string of the molecule is COc1ccc2c(c1Cl)S(=O)(=O)NC2. The molecule has 1 N–H and O–H groups in total. The number of nitrogens with one attached hydrogen (secondary N) is 1. The van der Waals surface area contributed by atoms with Gasteiger partial charge < -0.3 is 4.74 Å². The molecule has 1 heterocycles. The van der Waals surface area contributed by atoms with Gasteiger partial charge in [0, 0.05) is 6.54 Å². The van der Waals surface area contributed by atoms with Gasteiger partial charge in [0.1, 0.15) is 15.7 Å². The van der Waals surface area contributed by atoms with E-state index in [1.54, 1.807) is 12.1 Å². The molecule has 1 aliphatic heterocycles. The van der Waals surface area contributed by atoms with Crippen molar-refractivity contribution < 1.29 is 13.2 Å². The van der Waals surface area contributed by atoms with E-state index >= 15 is 0 Å². The highest BCUT2D eigenvalue weighted by atomic mass is 35.5. The fraction of sp³-hybridized carbons (Fsp3) is 0.250. The minimum absolute atomic E-state index is 0.138. The minimum atomic E-state index is -3.43. The third-order valence-electron chi connectivity index (χ3n) is 2.08. The van der Waals surface area contributed by atoms with Gasteiger partial charge in [-0.1, -0.05) is 17.7 Å². The lowest BCUT2D eigenvalue weighted by molar-refractivity contribution is 0.413. The summed E-state index contributed by atoms with van der Waals surface area (Å²) in [6.45, 7) is 0.293. The van der Waals surface area contributed by atoms with Gasteiger partial charge in [-0.3, -0.25) is 0 Å². The van der Waals surface area contributed by atoms with Crippen LogP contribution < -0.4 is 9.46 Å². The molecule has 14 heavy (non-hydrogen) atoms. The van der Waals surface area contributed by atoms with Gasteiger partial charge in [-0.05, 0) is 11.6 Å². The van der Waals surface area contributed by atoms with Gasteiger partial charge in [0.25, 0.3) is 0 Å². The van der Waals surface area contributed by atoms with Crippen molar-refractivity contribution in [2.75, 3.05) is 7.11 Å². The normalized spacial score (nSPS) is 17.9. The predicted octanol–water partition coefficient (Wildman–Crippen LogP) is 1.14. The summed E-state index contributed by atoms with van der Waals surface area (Å²) in [5.41, 5.74) is 0.677. The van der Waals surface area contributed by atoms with Crippen LogP contribution in [0.5, 0.6) is 5.75 Å². The predicted molar refractivity (Wildman–Crippen MR) is 52.0 cm³/mol. The van der Waals surface area contributed by atoms with Crippen LogP contribution >= 0.6 is 11.6 Å². The monoisotopic (exact) mass is 233 g/mol. The Kier molecular flexibility index (Phi) is 2.17. The lowest BCUT2D eigenvalue weighted by Crippen LogP contribution is -2.14. The summed E-state index contributed by atoms with van der Waals surface area (Å²) in [6.07, 6.45) is 0. The molecular weight excluding hydrogens is 226 g/mol. The summed E-state index contributed by atoms with van der Waals surface area (Å²) in [5.74, 6) is 0.373. The highest BCUT2D eigenvalue weighted by molar-refractivity contribution is 7.90. The number of ether oxygens (including phenoxy) is 1. The Hall–Kier alpha value is -0.780. The third kappa shape index (κ3) is 1.28. The summed E-state index contributed by atoms with van der Waals surface area (Å²) < 4.78 is 30.3. The minimum Gasteiger partial charge on any atom is -0.495 e. The highest BCUT2D eigenvalue weighted by Gasteiger charge is 2.29. The van der Waals surface area contributed by atoms with E-state index in [1.807, 2.05) is 0 Å². The Bertz CT molecular complexity index is 484. The van der Waals surface area contributed by atoms with Crippen molar-refractivity contribution in [1.29, 1.82) is 0 Å². The molecule has 76 valence electrons. The van der Waals surface area contributed by atoms with Crippen LogP contribution in [0.4, 0.5) is 0 Å². The van der Waals surface area contributed by atoms with E-state index in [4.69, 9.17) is 16.3 Å². The molecule has 0 unspecified atom stereocenters. The molecule has 0 bridgehead atoms. The average Bonchev–Trinajstić information content (AvgIpc) is 2.43. The molecule has 0 amide bonds. The third-order valence-corrected chi connectivity index (χ3v) is 4.10. The Morgan fingerprint density at radius 3 is 2.86 bits per heavy atom. The van der Waals surface area contributed by atoms with E-state index in [-0.39, 0.29) is 9.92 Å². The van der Waals surface area contributed by atoms with Crippen LogP contribution in [-0.4, -0.2) is 15.5 Å². The van der Waals surface area contributed by atoms with Gasteiger partial charge in [-0.25, -0.2) is 13.1 Å². The maximum atomic E-state index is 11.5. The molecule has 0 aromatic heterocycles. The van der Waals surface area contributed by atoms with Crippen LogP contribution in [0.3, 0.4) is 0 Å². The topological polar surface area (TPSA) is 55.4 Å². The first-order valence-electron chi connectivity index (χ1n) is 3.91. The van der Waals surface area contributed by atoms with E-state index in [0.29, 0.717) is 17.9 Å². The van der Waals surface area contributed by atoms with Crippen molar-refractivity contribution in [3.63, 3.8) is 0 Å². The van der Waals surface area contributed by atoms with Crippen molar-refractivity contribution in [2.45, 2.75) is 11.4 Å². The van der Waals surface area contributed by atoms with Gasteiger partial charge in [0.05, 0.1) is 7.11 Å². The molecule has 1 aliphatic rings. The zero-order valence-corrected chi connectivity index (χ0v) is 8.95. The van der Waals surface area contributed by atoms with E-state index < -0.39 is 10.0 Å². The smallest absolute Gasteiger partial charge is 0.242 e. The lowest BCUT2D eigenvalue weighted by atomic mass is 10.2. The second kappa shape index (κ2) is 3.12. The first-order chi connectivity index (χ1) is 6.56. The Morgan fingerprint density at radius 2 is 2.21 bits per heavy atom. The zero-order chi connectivity index (χ0) is 10.3. The molecule has 0 saturated heterocycles. The fourth-order valence-electron chi connectivity index (χ4n) is 1.41. The molecule has 0 atom stereocenters. The van der Waals surface area contributed by atoms with E-state index in [1.165, 1.54) is 7.11 Å².